The zero-order chi connectivity index (χ0) is 20.1. The molecule has 0 bridgehead atoms. The molecule has 0 unspecified atom stereocenters. The number of hydrogen-bond acceptors (Lipinski definition) is 7. The average molecular weight is 398 g/mol. The Morgan fingerprint density at radius 3 is 2.78 bits per heavy atom. The Morgan fingerprint density at radius 1 is 1.48 bits per heavy atom. The maximum Gasteiger partial charge on any atom is 0.307 e. The molecule has 4 atom stereocenters. The van der Waals surface area contributed by atoms with Crippen molar-refractivity contribution in [1.82, 2.24) is 4.98 Å². The molecule has 0 spiro atoms. The number of halogens is 1. The summed E-state index contributed by atoms with van der Waals surface area (Å²) in [5.74, 6) is -2.72. The number of hydrogen-bond donors (Lipinski definition) is 1. The monoisotopic (exact) mass is 397 g/mol. The first-order valence-electron chi connectivity index (χ1n) is 8.43. The second-order valence-corrected chi connectivity index (χ2v) is 7.06. The minimum Gasteiger partial charge on any atom is -0.453 e. The van der Waals surface area contributed by atoms with Crippen LogP contribution in [0.3, 0.4) is 0 Å². The van der Waals surface area contributed by atoms with Crippen molar-refractivity contribution in [2.24, 2.45) is 17.8 Å². The van der Waals surface area contributed by atoms with Crippen LogP contribution in [-0.2, 0) is 19.1 Å². The van der Waals surface area contributed by atoms with E-state index < -0.39 is 34.7 Å². The Balaban J connectivity index is 1.91. The van der Waals surface area contributed by atoms with E-state index in [1.54, 1.807) is 13.0 Å². The summed E-state index contributed by atoms with van der Waals surface area (Å²) in [6, 6.07) is 3.04. The number of pyridine rings is 1. The van der Waals surface area contributed by atoms with Gasteiger partial charge in [-0.3, -0.25) is 24.5 Å². The molecule has 0 aliphatic heterocycles. The molecule has 146 valence electrons. The van der Waals surface area contributed by atoms with Crippen LogP contribution in [0.4, 0.5) is 5.82 Å². The molecule has 1 heterocycles. The summed E-state index contributed by atoms with van der Waals surface area (Å²) in [7, 11) is 0. The average Bonchev–Trinajstić information content (AvgIpc) is 2.83. The van der Waals surface area contributed by atoms with Crippen LogP contribution < -0.4 is 5.32 Å². The molecule has 1 N–H and O–H groups in total. The summed E-state index contributed by atoms with van der Waals surface area (Å²) in [5, 5.41) is 13.7. The SMILES string of the molecule is C[C@H](OC(=O)C[C@H]1C(=O)C[C@H](C)[C@H]1C[N+](=O)[O-])C(=O)Nc1ccc(Cl)cn1. The zero-order valence-corrected chi connectivity index (χ0v) is 15.6. The first-order chi connectivity index (χ1) is 12.7. The van der Waals surface area contributed by atoms with Gasteiger partial charge in [0.05, 0.1) is 11.4 Å². The van der Waals surface area contributed by atoms with Crippen molar-refractivity contribution in [3.63, 3.8) is 0 Å². The topological polar surface area (TPSA) is 128 Å². The maximum absolute atomic E-state index is 12.1. The fourth-order valence-electron chi connectivity index (χ4n) is 3.16. The number of aromatic nitrogens is 1. The van der Waals surface area contributed by atoms with Gasteiger partial charge in [0.1, 0.15) is 11.6 Å². The van der Waals surface area contributed by atoms with Crippen LogP contribution in [0.5, 0.6) is 0 Å². The first-order valence-corrected chi connectivity index (χ1v) is 8.81. The predicted molar refractivity (Wildman–Crippen MR) is 95.7 cm³/mol. The van der Waals surface area contributed by atoms with Gasteiger partial charge in [-0.2, -0.15) is 0 Å². The lowest BCUT2D eigenvalue weighted by atomic mass is 9.88. The van der Waals surface area contributed by atoms with E-state index >= 15 is 0 Å². The van der Waals surface area contributed by atoms with Crippen molar-refractivity contribution in [1.29, 1.82) is 0 Å². The Labute approximate surface area is 160 Å². The van der Waals surface area contributed by atoms with E-state index in [9.17, 15) is 24.5 Å². The molecule has 10 heteroatoms. The standard InChI is InChI=1S/C17H20ClN3O6/c1-9-5-14(22)12(13(9)8-21(25)26)6-16(23)27-10(2)17(24)20-15-4-3-11(18)7-19-15/h3-4,7,9-10,12-13H,5-6,8H2,1-2H3,(H,19,20,24)/t9-,10-,12+,13+/m0/s1. The van der Waals surface area contributed by atoms with Crippen molar-refractivity contribution in [2.45, 2.75) is 32.8 Å². The van der Waals surface area contributed by atoms with Gasteiger partial charge < -0.3 is 10.1 Å². The molecule has 1 aliphatic carbocycles. The van der Waals surface area contributed by atoms with Crippen LogP contribution in [0.2, 0.25) is 5.02 Å². The molecule has 1 fully saturated rings. The third-order valence-electron chi connectivity index (χ3n) is 4.59. The molecule has 0 aromatic carbocycles. The smallest absolute Gasteiger partial charge is 0.307 e. The van der Waals surface area contributed by atoms with Gasteiger partial charge in [0.15, 0.2) is 6.10 Å². The van der Waals surface area contributed by atoms with Gasteiger partial charge in [0, 0.05) is 29.4 Å². The lowest BCUT2D eigenvalue weighted by molar-refractivity contribution is -0.490. The van der Waals surface area contributed by atoms with Crippen LogP contribution in [0, 0.1) is 27.9 Å². The number of ether oxygens (including phenoxy) is 1. The predicted octanol–water partition coefficient (Wildman–Crippen LogP) is 2.11. The second-order valence-electron chi connectivity index (χ2n) is 6.62. The van der Waals surface area contributed by atoms with Crippen molar-refractivity contribution in [3.8, 4) is 0 Å². The molecule has 0 radical (unpaired) electrons. The highest BCUT2D eigenvalue weighted by molar-refractivity contribution is 6.30. The van der Waals surface area contributed by atoms with Crippen LogP contribution in [-0.4, -0.2) is 40.2 Å². The zero-order valence-electron chi connectivity index (χ0n) is 14.9. The largest absolute Gasteiger partial charge is 0.453 e. The van der Waals surface area contributed by atoms with Gasteiger partial charge in [-0.25, -0.2) is 4.98 Å². The number of Topliss-reactive ketones (excluding diaryl/α,β-unsaturated/α-hetero) is 1. The lowest BCUT2D eigenvalue weighted by Crippen LogP contribution is -2.32. The third-order valence-corrected chi connectivity index (χ3v) is 4.81. The molecule has 1 aromatic rings. The minimum atomic E-state index is -1.11. The molecular formula is C17H20ClN3O6. The Bertz CT molecular complexity index is 739. The van der Waals surface area contributed by atoms with Crippen molar-refractivity contribution >= 4 is 35.1 Å². The normalized spacial score (nSPS) is 22.9. The Morgan fingerprint density at radius 2 is 2.19 bits per heavy atom. The molecule has 2 rings (SSSR count). The molecule has 1 saturated carbocycles. The summed E-state index contributed by atoms with van der Waals surface area (Å²) < 4.78 is 5.08. The number of carbonyl (C=O) groups excluding carboxylic acids is 3. The Kier molecular flexibility index (Phi) is 6.84. The quantitative estimate of drug-likeness (QED) is 0.423. The van der Waals surface area contributed by atoms with Gasteiger partial charge in [0.25, 0.3) is 5.91 Å². The van der Waals surface area contributed by atoms with E-state index in [0.717, 1.165) is 0 Å². The van der Waals surface area contributed by atoms with Gasteiger partial charge in [-0.05, 0) is 25.0 Å². The number of esters is 1. The number of amides is 1. The van der Waals surface area contributed by atoms with Crippen LogP contribution in [0.15, 0.2) is 18.3 Å². The number of rotatable bonds is 7. The number of nitro groups is 1. The second kappa shape index (κ2) is 8.90. The fraction of sp³-hybridized carbons (Fsp3) is 0.529. The summed E-state index contributed by atoms with van der Waals surface area (Å²) in [4.78, 5) is 50.5. The molecule has 0 saturated heterocycles. The molecule has 1 amide bonds. The highest BCUT2D eigenvalue weighted by Gasteiger charge is 2.44. The van der Waals surface area contributed by atoms with Crippen molar-refractivity contribution in [2.75, 3.05) is 11.9 Å². The number of anilines is 1. The van der Waals surface area contributed by atoms with Gasteiger partial charge in [-0.15, -0.1) is 0 Å². The number of carbonyl (C=O) groups is 3. The van der Waals surface area contributed by atoms with E-state index in [1.807, 2.05) is 0 Å². The van der Waals surface area contributed by atoms with Crippen molar-refractivity contribution in [3.05, 3.63) is 33.5 Å². The van der Waals surface area contributed by atoms with E-state index in [4.69, 9.17) is 16.3 Å². The number of nitrogens with zero attached hydrogens (tertiary/aromatic N) is 2. The summed E-state index contributed by atoms with van der Waals surface area (Å²) in [5.41, 5.74) is 0. The number of ketones is 1. The third kappa shape index (κ3) is 5.72. The molecule has 1 aliphatic rings. The van der Waals surface area contributed by atoms with E-state index in [0.29, 0.717) is 5.02 Å². The van der Waals surface area contributed by atoms with E-state index in [-0.39, 0.29) is 36.9 Å². The Hall–Kier alpha value is -2.55. The van der Waals surface area contributed by atoms with Gasteiger partial charge >= 0.3 is 5.97 Å². The highest BCUT2D eigenvalue weighted by atomic mass is 35.5. The summed E-state index contributed by atoms with van der Waals surface area (Å²) >= 11 is 5.71. The summed E-state index contributed by atoms with van der Waals surface area (Å²) in [6.45, 7) is 2.77. The van der Waals surface area contributed by atoms with Crippen LogP contribution >= 0.6 is 11.6 Å². The van der Waals surface area contributed by atoms with E-state index in [1.165, 1.54) is 19.2 Å². The minimum absolute atomic E-state index is 0.169. The van der Waals surface area contributed by atoms with Crippen LogP contribution in [0.25, 0.3) is 0 Å². The number of nitrogens with one attached hydrogen (secondary N) is 1. The van der Waals surface area contributed by atoms with Gasteiger partial charge in [-0.1, -0.05) is 18.5 Å². The summed E-state index contributed by atoms with van der Waals surface area (Å²) in [6.07, 6.45) is 0.168. The van der Waals surface area contributed by atoms with Crippen LogP contribution in [0.1, 0.15) is 26.7 Å². The molecular weight excluding hydrogens is 378 g/mol. The molecule has 1 aromatic heterocycles. The van der Waals surface area contributed by atoms with Crippen molar-refractivity contribution < 1.29 is 24.0 Å². The van der Waals surface area contributed by atoms with E-state index in [2.05, 4.69) is 10.3 Å². The van der Waals surface area contributed by atoms with Gasteiger partial charge in [0.2, 0.25) is 6.54 Å². The lowest BCUT2D eigenvalue weighted by Gasteiger charge is -2.18. The first kappa shape index (κ1) is 20.8. The fourth-order valence-corrected chi connectivity index (χ4v) is 3.27. The molecule has 27 heavy (non-hydrogen) atoms. The maximum atomic E-state index is 12.1. The highest BCUT2D eigenvalue weighted by Crippen LogP contribution is 2.36. The molecule has 9 nitrogen and oxygen atoms in total.